The standard InChI is InChI=1S/C16H19NO3S/c1-2-16(20,12-3-5-13(18)6-4-12)9-14(17)15(19)11-7-8-21-10-11/h3-8,10,14,18,20H,2,9,17H2,1H3. The molecule has 0 aliphatic carbocycles. The quantitative estimate of drug-likeness (QED) is 0.716. The Morgan fingerprint density at radius 1 is 1.33 bits per heavy atom. The first kappa shape index (κ1) is 15.7. The summed E-state index contributed by atoms with van der Waals surface area (Å²) in [5.41, 5.74) is 6.03. The largest absolute Gasteiger partial charge is 0.508 e. The summed E-state index contributed by atoms with van der Waals surface area (Å²) in [5, 5.41) is 23.7. The Morgan fingerprint density at radius 2 is 2.00 bits per heavy atom. The third-order valence-electron chi connectivity index (χ3n) is 3.69. The fraction of sp³-hybridized carbons (Fsp3) is 0.312. The summed E-state index contributed by atoms with van der Waals surface area (Å²) >= 11 is 1.44. The third kappa shape index (κ3) is 3.50. The van der Waals surface area contributed by atoms with E-state index >= 15 is 0 Å². The van der Waals surface area contributed by atoms with Crippen LogP contribution in [0.2, 0.25) is 0 Å². The molecule has 1 aromatic heterocycles. The minimum absolute atomic E-state index is 0.135. The average molecular weight is 305 g/mol. The van der Waals surface area contributed by atoms with Crippen molar-refractivity contribution in [2.45, 2.75) is 31.4 Å². The molecule has 0 saturated carbocycles. The summed E-state index contributed by atoms with van der Waals surface area (Å²) < 4.78 is 0. The van der Waals surface area contributed by atoms with Crippen LogP contribution in [0.25, 0.3) is 0 Å². The molecule has 0 spiro atoms. The van der Waals surface area contributed by atoms with Crippen LogP contribution in [-0.4, -0.2) is 22.0 Å². The number of nitrogens with two attached hydrogens (primary N) is 1. The van der Waals surface area contributed by atoms with Crippen LogP contribution in [0, 0.1) is 0 Å². The van der Waals surface area contributed by atoms with Gasteiger partial charge in [0.1, 0.15) is 5.75 Å². The molecule has 2 unspecified atom stereocenters. The number of carbonyl (C=O) groups is 1. The summed E-state index contributed by atoms with van der Waals surface area (Å²) in [6, 6.07) is 7.31. The van der Waals surface area contributed by atoms with Crippen molar-refractivity contribution < 1.29 is 15.0 Å². The number of phenols is 1. The molecule has 0 bridgehead atoms. The molecule has 2 rings (SSSR count). The summed E-state index contributed by atoms with van der Waals surface area (Å²) in [5.74, 6) is -0.0299. The Morgan fingerprint density at radius 3 is 2.52 bits per heavy atom. The lowest BCUT2D eigenvalue weighted by Crippen LogP contribution is -2.39. The van der Waals surface area contributed by atoms with Gasteiger partial charge in [-0.15, -0.1) is 0 Å². The van der Waals surface area contributed by atoms with E-state index in [9.17, 15) is 15.0 Å². The second-order valence-electron chi connectivity index (χ2n) is 5.12. The molecule has 0 aliphatic rings. The molecule has 1 heterocycles. The van der Waals surface area contributed by atoms with Crippen LogP contribution < -0.4 is 5.73 Å². The summed E-state index contributed by atoms with van der Waals surface area (Å²) in [6.45, 7) is 1.84. The first-order chi connectivity index (χ1) is 9.96. The fourth-order valence-corrected chi connectivity index (χ4v) is 2.96. The van der Waals surface area contributed by atoms with Crippen LogP contribution in [0.4, 0.5) is 0 Å². The number of Topliss-reactive ketones (excluding diaryl/α,β-unsaturated/α-hetero) is 1. The number of carbonyl (C=O) groups excluding carboxylic acids is 1. The lowest BCUT2D eigenvalue weighted by molar-refractivity contribution is 0.0169. The van der Waals surface area contributed by atoms with Crippen molar-refractivity contribution in [2.75, 3.05) is 0 Å². The number of aliphatic hydroxyl groups is 1. The van der Waals surface area contributed by atoms with Crippen molar-refractivity contribution in [3.63, 3.8) is 0 Å². The van der Waals surface area contributed by atoms with Gasteiger partial charge in [-0.2, -0.15) is 11.3 Å². The van der Waals surface area contributed by atoms with Gasteiger partial charge in [-0.3, -0.25) is 4.79 Å². The van der Waals surface area contributed by atoms with Gasteiger partial charge < -0.3 is 15.9 Å². The molecule has 0 fully saturated rings. The molecule has 4 N–H and O–H groups in total. The molecule has 2 atom stereocenters. The van der Waals surface area contributed by atoms with Gasteiger partial charge in [-0.1, -0.05) is 19.1 Å². The molecular formula is C16H19NO3S. The first-order valence-corrected chi connectivity index (χ1v) is 7.74. The Bertz CT molecular complexity index is 594. The molecule has 21 heavy (non-hydrogen) atoms. The number of benzene rings is 1. The highest BCUT2D eigenvalue weighted by molar-refractivity contribution is 7.08. The number of rotatable bonds is 6. The van der Waals surface area contributed by atoms with Crippen molar-refractivity contribution >= 4 is 17.1 Å². The minimum Gasteiger partial charge on any atom is -0.508 e. The van der Waals surface area contributed by atoms with E-state index < -0.39 is 11.6 Å². The molecule has 0 saturated heterocycles. The number of hydrogen-bond donors (Lipinski definition) is 3. The lowest BCUT2D eigenvalue weighted by Gasteiger charge is -2.29. The Labute approximate surface area is 127 Å². The van der Waals surface area contributed by atoms with E-state index in [0.29, 0.717) is 17.5 Å². The fourth-order valence-electron chi connectivity index (χ4n) is 2.31. The highest BCUT2D eigenvalue weighted by Gasteiger charge is 2.32. The van der Waals surface area contributed by atoms with Crippen LogP contribution in [0.5, 0.6) is 5.75 Å². The summed E-state index contributed by atoms with van der Waals surface area (Å²) in [6.07, 6.45) is 0.575. The number of thiophene rings is 1. The van der Waals surface area contributed by atoms with Crippen molar-refractivity contribution in [2.24, 2.45) is 5.73 Å². The predicted molar refractivity (Wildman–Crippen MR) is 83.5 cm³/mol. The van der Waals surface area contributed by atoms with Crippen molar-refractivity contribution in [3.05, 3.63) is 52.2 Å². The van der Waals surface area contributed by atoms with E-state index in [4.69, 9.17) is 5.73 Å². The number of aromatic hydroxyl groups is 1. The number of phenolic OH excluding ortho intramolecular Hbond substituents is 1. The van der Waals surface area contributed by atoms with E-state index in [1.165, 1.54) is 23.5 Å². The Balaban J connectivity index is 2.17. The van der Waals surface area contributed by atoms with Gasteiger partial charge in [-0.05, 0) is 35.6 Å². The first-order valence-electron chi connectivity index (χ1n) is 6.80. The van der Waals surface area contributed by atoms with Crippen LogP contribution >= 0.6 is 11.3 Å². The average Bonchev–Trinajstić information content (AvgIpc) is 3.01. The molecule has 4 nitrogen and oxygen atoms in total. The van der Waals surface area contributed by atoms with E-state index in [1.54, 1.807) is 23.6 Å². The van der Waals surface area contributed by atoms with Crippen LogP contribution in [0.15, 0.2) is 41.1 Å². The summed E-state index contributed by atoms with van der Waals surface area (Å²) in [4.78, 5) is 12.2. The zero-order valence-corrected chi connectivity index (χ0v) is 12.6. The van der Waals surface area contributed by atoms with Crippen molar-refractivity contribution in [1.29, 1.82) is 0 Å². The third-order valence-corrected chi connectivity index (χ3v) is 4.37. The number of ketones is 1. The molecule has 5 heteroatoms. The van der Waals surface area contributed by atoms with Gasteiger partial charge in [-0.25, -0.2) is 0 Å². The Kier molecular flexibility index (Phi) is 4.77. The predicted octanol–water partition coefficient (Wildman–Crippen LogP) is 2.65. The normalized spacial score (nSPS) is 15.4. The van der Waals surface area contributed by atoms with E-state index in [0.717, 1.165) is 0 Å². The van der Waals surface area contributed by atoms with Crippen molar-refractivity contribution in [3.8, 4) is 5.75 Å². The maximum Gasteiger partial charge on any atom is 0.180 e. The second-order valence-corrected chi connectivity index (χ2v) is 5.90. The van der Waals surface area contributed by atoms with Gasteiger partial charge in [0.25, 0.3) is 0 Å². The summed E-state index contributed by atoms with van der Waals surface area (Å²) in [7, 11) is 0. The highest BCUT2D eigenvalue weighted by Crippen LogP contribution is 2.31. The van der Waals surface area contributed by atoms with Crippen LogP contribution in [-0.2, 0) is 5.60 Å². The smallest absolute Gasteiger partial charge is 0.180 e. The van der Waals surface area contributed by atoms with Gasteiger partial charge in [0.05, 0.1) is 11.6 Å². The molecule has 0 amide bonds. The molecule has 2 aromatic rings. The van der Waals surface area contributed by atoms with Gasteiger partial charge >= 0.3 is 0 Å². The topological polar surface area (TPSA) is 83.5 Å². The van der Waals surface area contributed by atoms with E-state index in [2.05, 4.69) is 0 Å². The number of hydrogen-bond acceptors (Lipinski definition) is 5. The molecular weight excluding hydrogens is 286 g/mol. The van der Waals surface area contributed by atoms with E-state index in [-0.39, 0.29) is 18.0 Å². The molecule has 112 valence electrons. The maximum atomic E-state index is 12.2. The molecule has 0 aliphatic heterocycles. The molecule has 0 radical (unpaired) electrons. The monoisotopic (exact) mass is 305 g/mol. The highest BCUT2D eigenvalue weighted by atomic mass is 32.1. The van der Waals surface area contributed by atoms with Gasteiger partial charge in [0.2, 0.25) is 0 Å². The Hall–Kier alpha value is -1.69. The second kappa shape index (κ2) is 6.39. The lowest BCUT2D eigenvalue weighted by atomic mass is 9.83. The maximum absolute atomic E-state index is 12.2. The molecule has 1 aromatic carbocycles. The van der Waals surface area contributed by atoms with Gasteiger partial charge in [0.15, 0.2) is 5.78 Å². The zero-order valence-electron chi connectivity index (χ0n) is 11.8. The van der Waals surface area contributed by atoms with Crippen molar-refractivity contribution in [1.82, 2.24) is 0 Å². The van der Waals surface area contributed by atoms with Gasteiger partial charge in [0, 0.05) is 17.4 Å². The van der Waals surface area contributed by atoms with Crippen LogP contribution in [0.3, 0.4) is 0 Å². The zero-order chi connectivity index (χ0) is 15.5. The minimum atomic E-state index is -1.18. The SMILES string of the molecule is CCC(O)(CC(N)C(=O)c1ccsc1)c1ccc(O)cc1. The van der Waals surface area contributed by atoms with E-state index in [1.807, 2.05) is 12.3 Å². The van der Waals surface area contributed by atoms with Crippen LogP contribution in [0.1, 0.15) is 35.7 Å².